The van der Waals surface area contributed by atoms with Crippen LogP contribution >= 0.6 is 11.3 Å². The first kappa shape index (κ1) is 23.0. The Labute approximate surface area is 199 Å². The van der Waals surface area contributed by atoms with Crippen molar-refractivity contribution >= 4 is 39.2 Å². The molecule has 0 aliphatic rings. The third-order valence-corrected chi connectivity index (χ3v) is 5.93. The van der Waals surface area contributed by atoms with Crippen LogP contribution in [-0.2, 0) is 4.74 Å². The molecule has 0 fully saturated rings. The number of carbonyl (C=O) groups is 2. The van der Waals surface area contributed by atoms with Gasteiger partial charge in [0.1, 0.15) is 4.88 Å². The predicted molar refractivity (Wildman–Crippen MR) is 128 cm³/mol. The zero-order chi connectivity index (χ0) is 24.2. The van der Waals surface area contributed by atoms with Crippen LogP contribution in [0.25, 0.3) is 22.2 Å². The number of carbonyl (C=O) groups excluding carboxylic acids is 2. The van der Waals surface area contributed by atoms with Crippen LogP contribution in [-0.4, -0.2) is 50.3 Å². The average molecular weight is 480 g/mol. The van der Waals surface area contributed by atoms with Gasteiger partial charge in [-0.15, -0.1) is 0 Å². The molecule has 4 rings (SSSR count). The molecule has 9 nitrogen and oxygen atoms in total. The van der Waals surface area contributed by atoms with Crippen molar-refractivity contribution in [2.24, 2.45) is 0 Å². The van der Waals surface area contributed by atoms with Gasteiger partial charge in [-0.05, 0) is 24.3 Å². The van der Waals surface area contributed by atoms with Crippen molar-refractivity contribution in [1.29, 1.82) is 0 Å². The Morgan fingerprint density at radius 2 is 1.65 bits per heavy atom. The Bertz CT molecular complexity index is 1360. The van der Waals surface area contributed by atoms with Crippen LogP contribution in [0, 0.1) is 0 Å². The topological polar surface area (TPSA) is 109 Å². The van der Waals surface area contributed by atoms with Crippen molar-refractivity contribution < 1.29 is 28.5 Å². The minimum atomic E-state index is -0.517. The standard InChI is InChI=1S/C24H21N3O6S/c1-30-18-9-13(10-19(31-2)21(18)32-3)17-11-15(14-7-5-6-8-16(14)26-17)22(28)27-24-25-12-20(34-24)23(29)33-4/h5-12H,1-4H3,(H,25,27,28). The maximum Gasteiger partial charge on any atom is 0.349 e. The summed E-state index contributed by atoms with van der Waals surface area (Å²) < 4.78 is 21.0. The van der Waals surface area contributed by atoms with Crippen molar-refractivity contribution in [3.63, 3.8) is 0 Å². The smallest absolute Gasteiger partial charge is 0.349 e. The van der Waals surface area contributed by atoms with E-state index in [2.05, 4.69) is 10.3 Å². The highest BCUT2D eigenvalue weighted by molar-refractivity contribution is 7.17. The maximum absolute atomic E-state index is 13.2. The molecule has 1 N–H and O–H groups in total. The van der Waals surface area contributed by atoms with Gasteiger partial charge in [-0.2, -0.15) is 0 Å². The van der Waals surface area contributed by atoms with Crippen LogP contribution in [0.4, 0.5) is 5.13 Å². The van der Waals surface area contributed by atoms with Crippen molar-refractivity contribution in [1.82, 2.24) is 9.97 Å². The van der Waals surface area contributed by atoms with Crippen molar-refractivity contribution in [3.05, 3.63) is 59.1 Å². The second kappa shape index (κ2) is 9.75. The van der Waals surface area contributed by atoms with Gasteiger partial charge in [0.15, 0.2) is 16.6 Å². The fourth-order valence-electron chi connectivity index (χ4n) is 3.43. The van der Waals surface area contributed by atoms with E-state index in [1.807, 2.05) is 24.3 Å². The number of anilines is 1. The number of thiazole rings is 1. The number of nitrogens with zero attached hydrogens (tertiary/aromatic N) is 2. The number of rotatable bonds is 7. The van der Waals surface area contributed by atoms with Gasteiger partial charge in [-0.3, -0.25) is 10.1 Å². The zero-order valence-corrected chi connectivity index (χ0v) is 19.7. The number of amides is 1. The lowest BCUT2D eigenvalue weighted by Crippen LogP contribution is -2.13. The number of methoxy groups -OCH3 is 4. The summed E-state index contributed by atoms with van der Waals surface area (Å²) in [7, 11) is 5.88. The first-order valence-corrected chi connectivity index (χ1v) is 10.9. The number of para-hydroxylation sites is 1. The highest BCUT2D eigenvalue weighted by Gasteiger charge is 2.19. The summed E-state index contributed by atoms with van der Waals surface area (Å²) in [5.41, 5.74) is 2.24. The van der Waals surface area contributed by atoms with Crippen molar-refractivity contribution in [3.8, 4) is 28.5 Å². The molecule has 2 aromatic carbocycles. The van der Waals surface area contributed by atoms with Gasteiger partial charge in [-0.1, -0.05) is 29.5 Å². The van der Waals surface area contributed by atoms with E-state index in [9.17, 15) is 9.59 Å². The lowest BCUT2D eigenvalue weighted by atomic mass is 10.0. The molecule has 0 bridgehead atoms. The highest BCUT2D eigenvalue weighted by atomic mass is 32.1. The van der Waals surface area contributed by atoms with Gasteiger partial charge in [0.25, 0.3) is 5.91 Å². The molecule has 2 aromatic heterocycles. The second-order valence-electron chi connectivity index (χ2n) is 6.96. The number of aromatic nitrogens is 2. The Hall–Kier alpha value is -4.18. The normalized spacial score (nSPS) is 10.6. The Kier molecular flexibility index (Phi) is 6.60. The molecule has 10 heteroatoms. The monoisotopic (exact) mass is 479 g/mol. The minimum absolute atomic E-state index is 0.278. The number of fused-ring (bicyclic) bond motifs is 1. The molecule has 0 spiro atoms. The molecule has 1 amide bonds. The third-order valence-electron chi connectivity index (χ3n) is 5.03. The first-order valence-electron chi connectivity index (χ1n) is 10.0. The van der Waals surface area contributed by atoms with Gasteiger partial charge >= 0.3 is 5.97 Å². The van der Waals surface area contributed by atoms with E-state index in [-0.39, 0.29) is 10.0 Å². The number of esters is 1. The molecule has 0 aliphatic heterocycles. The van der Waals surface area contributed by atoms with Gasteiger partial charge in [0, 0.05) is 10.9 Å². The SMILES string of the molecule is COC(=O)c1cnc(NC(=O)c2cc(-c3cc(OC)c(OC)c(OC)c3)nc3ccccc23)s1. The molecule has 0 aliphatic carbocycles. The van der Waals surface area contributed by atoms with E-state index in [1.165, 1.54) is 34.6 Å². The number of nitrogens with one attached hydrogen (secondary N) is 1. The van der Waals surface area contributed by atoms with Crippen LogP contribution < -0.4 is 19.5 Å². The lowest BCUT2D eigenvalue weighted by molar-refractivity contribution is 0.0606. The summed E-state index contributed by atoms with van der Waals surface area (Å²) in [6.45, 7) is 0. The van der Waals surface area contributed by atoms with E-state index in [0.29, 0.717) is 45.0 Å². The van der Waals surface area contributed by atoms with Crippen molar-refractivity contribution in [2.75, 3.05) is 33.8 Å². The van der Waals surface area contributed by atoms with E-state index in [4.69, 9.17) is 23.9 Å². The molecule has 4 aromatic rings. The van der Waals surface area contributed by atoms with Crippen LogP contribution in [0.1, 0.15) is 20.0 Å². The molecule has 0 saturated heterocycles. The summed E-state index contributed by atoms with van der Waals surface area (Å²) in [6.07, 6.45) is 1.36. The number of hydrogen-bond donors (Lipinski definition) is 1. The zero-order valence-electron chi connectivity index (χ0n) is 18.9. The molecule has 0 unspecified atom stereocenters. The quantitative estimate of drug-likeness (QED) is 0.388. The number of hydrogen-bond acceptors (Lipinski definition) is 9. The molecule has 34 heavy (non-hydrogen) atoms. The maximum atomic E-state index is 13.2. The molecular formula is C24H21N3O6S. The number of benzene rings is 2. The van der Waals surface area contributed by atoms with E-state index < -0.39 is 11.9 Å². The summed E-state index contributed by atoms with van der Waals surface area (Å²) in [4.78, 5) is 34.1. The Balaban J connectivity index is 1.79. The predicted octanol–water partition coefficient (Wildman–Crippen LogP) is 4.42. The fraction of sp³-hybridized carbons (Fsp3) is 0.167. The van der Waals surface area contributed by atoms with Crippen LogP contribution in [0.15, 0.2) is 48.7 Å². The number of ether oxygens (including phenoxy) is 4. The third kappa shape index (κ3) is 4.35. The van der Waals surface area contributed by atoms with Gasteiger partial charge in [-0.25, -0.2) is 14.8 Å². The van der Waals surface area contributed by atoms with Crippen LogP contribution in [0.2, 0.25) is 0 Å². The average Bonchev–Trinajstić information content (AvgIpc) is 3.34. The largest absolute Gasteiger partial charge is 0.493 e. The van der Waals surface area contributed by atoms with Gasteiger partial charge in [0.2, 0.25) is 5.75 Å². The van der Waals surface area contributed by atoms with Crippen LogP contribution in [0.5, 0.6) is 17.2 Å². The van der Waals surface area contributed by atoms with Crippen LogP contribution in [0.3, 0.4) is 0 Å². The molecule has 0 radical (unpaired) electrons. The molecular weight excluding hydrogens is 458 g/mol. The van der Waals surface area contributed by atoms with Gasteiger partial charge < -0.3 is 18.9 Å². The summed E-state index contributed by atoms with van der Waals surface area (Å²) in [5.74, 6) is 0.486. The molecule has 2 heterocycles. The van der Waals surface area contributed by atoms with Crippen molar-refractivity contribution in [2.45, 2.75) is 0 Å². The fourth-order valence-corrected chi connectivity index (χ4v) is 4.16. The first-order chi connectivity index (χ1) is 16.5. The second-order valence-corrected chi connectivity index (χ2v) is 7.99. The molecule has 174 valence electrons. The minimum Gasteiger partial charge on any atom is -0.493 e. The summed E-state index contributed by atoms with van der Waals surface area (Å²) >= 11 is 1.03. The Morgan fingerprint density at radius 3 is 2.29 bits per heavy atom. The van der Waals surface area contributed by atoms with E-state index in [1.54, 1.807) is 18.2 Å². The Morgan fingerprint density at radius 1 is 0.941 bits per heavy atom. The van der Waals surface area contributed by atoms with E-state index >= 15 is 0 Å². The summed E-state index contributed by atoms with van der Waals surface area (Å²) in [5, 5.41) is 3.70. The molecule has 0 saturated carbocycles. The summed E-state index contributed by atoms with van der Waals surface area (Å²) in [6, 6.07) is 12.5. The highest BCUT2D eigenvalue weighted by Crippen LogP contribution is 2.41. The molecule has 0 atom stereocenters. The van der Waals surface area contributed by atoms with Gasteiger partial charge in [0.05, 0.1) is 51.4 Å². The number of pyridine rings is 1. The lowest BCUT2D eigenvalue weighted by Gasteiger charge is -2.15. The van der Waals surface area contributed by atoms with E-state index in [0.717, 1.165) is 11.3 Å².